The van der Waals surface area contributed by atoms with Crippen molar-refractivity contribution in [3.05, 3.63) is 69.6 Å². The molecule has 0 bridgehead atoms. The summed E-state index contributed by atoms with van der Waals surface area (Å²) in [4.78, 5) is 10.2. The minimum atomic E-state index is -0.951. The van der Waals surface area contributed by atoms with Crippen LogP contribution < -0.4 is 25.8 Å². The Morgan fingerprint density at radius 3 is 2.73 bits per heavy atom. The molecule has 1 aromatic carbocycles. The van der Waals surface area contributed by atoms with E-state index in [0.717, 1.165) is 0 Å². The minimum Gasteiger partial charge on any atom is -0.474 e. The van der Waals surface area contributed by atoms with Crippen LogP contribution in [0.15, 0.2) is 42.9 Å². The van der Waals surface area contributed by atoms with Gasteiger partial charge in [-0.2, -0.15) is 0 Å². The third-order valence-corrected chi connectivity index (χ3v) is 5.77. The molecule has 0 saturated heterocycles. The van der Waals surface area contributed by atoms with Crippen molar-refractivity contribution in [1.82, 2.24) is 9.97 Å². The van der Waals surface area contributed by atoms with Gasteiger partial charge in [0.15, 0.2) is 6.23 Å². The van der Waals surface area contributed by atoms with Crippen molar-refractivity contribution < 1.29 is 14.6 Å². The Morgan fingerprint density at radius 1 is 1.24 bits per heavy atom. The van der Waals surface area contributed by atoms with Crippen LogP contribution in [0.4, 0.5) is 11.4 Å². The van der Waals surface area contributed by atoms with Gasteiger partial charge in [-0.05, 0) is 24.3 Å². The second kappa shape index (κ2) is 9.80. The molecular weight excluding hydrogens is 467 g/mol. The van der Waals surface area contributed by atoms with Gasteiger partial charge < -0.3 is 25.2 Å². The fraction of sp³-hybridized carbons (Fsp3) is 0.227. The number of β-amino-alcohol motifs (C(OH)–C–C–N with tert-alkyl or cyclic N) is 1. The number of benzene rings is 1. The van der Waals surface area contributed by atoms with Gasteiger partial charge in [0.05, 0.1) is 28.9 Å². The third-order valence-electron chi connectivity index (χ3n) is 5.16. The average Bonchev–Trinajstić information content (AvgIpc) is 2.80. The first-order valence-electron chi connectivity index (χ1n) is 10.1. The van der Waals surface area contributed by atoms with Crippen molar-refractivity contribution in [3.63, 3.8) is 0 Å². The first-order chi connectivity index (χ1) is 15.9. The standard InChI is InChI=1S/C22H22Cl2N6O3/c23-15-10-28-11-16(24)19(15)21(27)33-13-1-2-17(25)14(8-13)20(26)12-7-18-22(29-9-12)32-6-4-30(18)3-5-31/h1-2,7-11,21,26,31H,3-6,25,27H2/t21-/m0/s1. The number of hydrogen-bond donors (Lipinski definition) is 4. The smallest absolute Gasteiger partial charge is 0.237 e. The molecule has 3 aromatic rings. The Hall–Kier alpha value is -3.11. The van der Waals surface area contributed by atoms with Crippen LogP contribution in [-0.2, 0) is 0 Å². The molecule has 172 valence electrons. The van der Waals surface area contributed by atoms with Crippen LogP contribution in [0.3, 0.4) is 0 Å². The Balaban J connectivity index is 1.62. The van der Waals surface area contributed by atoms with Crippen LogP contribution in [0.5, 0.6) is 11.6 Å². The van der Waals surface area contributed by atoms with E-state index in [1.165, 1.54) is 12.4 Å². The molecule has 0 aliphatic carbocycles. The normalized spacial score (nSPS) is 13.8. The number of rotatable bonds is 7. The number of nitrogen functional groups attached to an aromatic ring is 1. The van der Waals surface area contributed by atoms with Gasteiger partial charge in [0.1, 0.15) is 18.0 Å². The van der Waals surface area contributed by atoms with Crippen LogP contribution in [0, 0.1) is 5.41 Å². The lowest BCUT2D eigenvalue weighted by atomic mass is 10.0. The van der Waals surface area contributed by atoms with Crippen molar-refractivity contribution in [2.24, 2.45) is 5.73 Å². The maximum absolute atomic E-state index is 9.35. The SMILES string of the molecule is N=C(c1cnc2c(c1)N(CCO)CCO2)c1cc(O[C@H](N)c2c(Cl)cncc2Cl)ccc1N. The molecule has 2 aromatic heterocycles. The molecule has 0 unspecified atom stereocenters. The first kappa shape index (κ1) is 23.1. The Morgan fingerprint density at radius 2 is 2.00 bits per heavy atom. The van der Waals surface area contributed by atoms with Crippen LogP contribution in [0.1, 0.15) is 22.9 Å². The van der Waals surface area contributed by atoms with Gasteiger partial charge in [0, 0.05) is 47.5 Å². The number of anilines is 2. The highest BCUT2D eigenvalue weighted by Gasteiger charge is 2.22. The molecule has 1 atom stereocenters. The lowest BCUT2D eigenvalue weighted by molar-refractivity contribution is 0.214. The topological polar surface area (TPSA) is 144 Å². The summed E-state index contributed by atoms with van der Waals surface area (Å²) in [6.07, 6.45) is 3.47. The predicted octanol–water partition coefficient (Wildman–Crippen LogP) is 3.01. The van der Waals surface area contributed by atoms with E-state index in [0.29, 0.717) is 59.4 Å². The molecule has 3 heterocycles. The number of nitrogens with zero attached hydrogens (tertiary/aromatic N) is 3. The second-order valence-electron chi connectivity index (χ2n) is 7.29. The van der Waals surface area contributed by atoms with Gasteiger partial charge in [-0.25, -0.2) is 4.98 Å². The summed E-state index contributed by atoms with van der Waals surface area (Å²) in [6, 6.07) is 6.71. The summed E-state index contributed by atoms with van der Waals surface area (Å²) in [7, 11) is 0. The van der Waals surface area contributed by atoms with E-state index in [1.807, 2.05) is 4.90 Å². The third kappa shape index (κ3) is 4.81. The van der Waals surface area contributed by atoms with E-state index in [-0.39, 0.29) is 22.4 Å². The van der Waals surface area contributed by atoms with E-state index in [4.69, 9.17) is 49.6 Å². The molecule has 0 amide bonds. The largest absolute Gasteiger partial charge is 0.474 e. The highest BCUT2D eigenvalue weighted by Crippen LogP contribution is 2.33. The predicted molar refractivity (Wildman–Crippen MR) is 128 cm³/mol. The van der Waals surface area contributed by atoms with Crippen molar-refractivity contribution >= 4 is 40.3 Å². The van der Waals surface area contributed by atoms with Gasteiger partial charge in [-0.3, -0.25) is 16.1 Å². The quantitative estimate of drug-likeness (QED) is 0.225. The molecule has 1 aliphatic heterocycles. The fourth-order valence-electron chi connectivity index (χ4n) is 3.52. The number of fused-ring (bicyclic) bond motifs is 1. The number of nitrogens with one attached hydrogen (secondary N) is 1. The molecule has 33 heavy (non-hydrogen) atoms. The van der Waals surface area contributed by atoms with Crippen LogP contribution in [0.2, 0.25) is 10.0 Å². The van der Waals surface area contributed by atoms with E-state index in [9.17, 15) is 5.11 Å². The Labute approximate surface area is 200 Å². The maximum atomic E-state index is 9.35. The number of nitrogens with two attached hydrogens (primary N) is 2. The second-order valence-corrected chi connectivity index (χ2v) is 8.10. The molecule has 9 nitrogen and oxygen atoms in total. The zero-order chi connectivity index (χ0) is 23.5. The molecule has 4 rings (SSSR count). The zero-order valence-electron chi connectivity index (χ0n) is 17.5. The molecular formula is C22H22Cl2N6O3. The van der Waals surface area contributed by atoms with Gasteiger partial charge in [-0.1, -0.05) is 23.2 Å². The summed E-state index contributed by atoms with van der Waals surface area (Å²) < 4.78 is 11.4. The summed E-state index contributed by atoms with van der Waals surface area (Å²) in [6.45, 7) is 1.54. The summed E-state index contributed by atoms with van der Waals surface area (Å²) in [5.41, 5.74) is 15.0. The number of aromatic nitrogens is 2. The van der Waals surface area contributed by atoms with E-state index in [1.54, 1.807) is 30.5 Å². The molecule has 1 aliphatic rings. The van der Waals surface area contributed by atoms with Crippen LogP contribution >= 0.6 is 23.2 Å². The van der Waals surface area contributed by atoms with E-state index < -0.39 is 6.23 Å². The molecule has 6 N–H and O–H groups in total. The van der Waals surface area contributed by atoms with Gasteiger partial charge >= 0.3 is 0 Å². The fourth-order valence-corrected chi connectivity index (χ4v) is 4.10. The van der Waals surface area contributed by atoms with Crippen molar-refractivity contribution in [2.45, 2.75) is 6.23 Å². The number of aliphatic hydroxyl groups excluding tert-OH is 1. The maximum Gasteiger partial charge on any atom is 0.237 e. The highest BCUT2D eigenvalue weighted by molar-refractivity contribution is 6.35. The molecule has 0 spiro atoms. The lowest BCUT2D eigenvalue weighted by Gasteiger charge is -2.30. The zero-order valence-corrected chi connectivity index (χ0v) is 19.0. The lowest BCUT2D eigenvalue weighted by Crippen LogP contribution is -2.35. The van der Waals surface area contributed by atoms with Crippen LogP contribution in [-0.4, -0.2) is 47.1 Å². The minimum absolute atomic E-state index is 0.000782. The monoisotopic (exact) mass is 488 g/mol. The van der Waals surface area contributed by atoms with Crippen LogP contribution in [0.25, 0.3) is 0 Å². The number of aliphatic hydroxyl groups is 1. The Kier molecular flexibility index (Phi) is 6.85. The molecule has 0 saturated carbocycles. The van der Waals surface area contributed by atoms with Crippen molar-refractivity contribution in [3.8, 4) is 11.6 Å². The highest BCUT2D eigenvalue weighted by atomic mass is 35.5. The van der Waals surface area contributed by atoms with Crippen molar-refractivity contribution in [2.75, 3.05) is 36.9 Å². The van der Waals surface area contributed by atoms with Gasteiger partial charge in [0.25, 0.3) is 0 Å². The summed E-state index contributed by atoms with van der Waals surface area (Å²) in [5.74, 6) is 0.852. The van der Waals surface area contributed by atoms with Crippen molar-refractivity contribution in [1.29, 1.82) is 5.41 Å². The van der Waals surface area contributed by atoms with E-state index >= 15 is 0 Å². The van der Waals surface area contributed by atoms with Gasteiger partial charge in [-0.15, -0.1) is 0 Å². The Bertz CT molecular complexity index is 1170. The molecule has 11 heteroatoms. The average molecular weight is 489 g/mol. The van der Waals surface area contributed by atoms with Gasteiger partial charge in [0.2, 0.25) is 5.88 Å². The number of halogens is 2. The molecule has 0 radical (unpaired) electrons. The first-order valence-corrected chi connectivity index (χ1v) is 10.8. The molecule has 0 fully saturated rings. The number of hydrogen-bond acceptors (Lipinski definition) is 9. The number of ether oxygens (including phenoxy) is 2. The summed E-state index contributed by atoms with van der Waals surface area (Å²) >= 11 is 12.3. The number of pyridine rings is 2. The van der Waals surface area contributed by atoms with E-state index in [2.05, 4.69) is 9.97 Å². The summed E-state index contributed by atoms with van der Waals surface area (Å²) in [5, 5.41) is 18.7.